The molecule has 0 aliphatic rings. The third kappa shape index (κ3) is 5.62. The minimum atomic E-state index is -1.06. The standard InChI is InChI=1S/C16H13F3N2O2S/c17-10-1-3-11(4-2-10)20-15(22)8-24-9-16(23)21-12-5-6-13(18)14(19)7-12/h1-7H,8-9H2,(H,20,22)(H,21,23). The molecule has 0 aliphatic heterocycles. The van der Waals surface area contributed by atoms with Gasteiger partial charge in [0.25, 0.3) is 0 Å². The van der Waals surface area contributed by atoms with E-state index in [0.717, 1.165) is 23.9 Å². The summed E-state index contributed by atoms with van der Waals surface area (Å²) in [6.07, 6.45) is 0. The highest BCUT2D eigenvalue weighted by atomic mass is 32.2. The number of amides is 2. The molecule has 0 atom stereocenters. The van der Waals surface area contributed by atoms with Gasteiger partial charge in [-0.3, -0.25) is 9.59 Å². The number of halogens is 3. The number of thioether (sulfide) groups is 1. The summed E-state index contributed by atoms with van der Waals surface area (Å²) in [7, 11) is 0. The summed E-state index contributed by atoms with van der Waals surface area (Å²) in [5.74, 6) is -3.26. The Bertz CT molecular complexity index is 739. The molecule has 2 aromatic rings. The molecular formula is C16H13F3N2O2S. The zero-order chi connectivity index (χ0) is 17.5. The smallest absolute Gasteiger partial charge is 0.234 e. The van der Waals surface area contributed by atoms with E-state index in [9.17, 15) is 22.8 Å². The van der Waals surface area contributed by atoms with Crippen molar-refractivity contribution in [2.75, 3.05) is 22.1 Å². The normalized spacial score (nSPS) is 10.3. The molecule has 126 valence electrons. The highest BCUT2D eigenvalue weighted by molar-refractivity contribution is 8.00. The van der Waals surface area contributed by atoms with Crippen LogP contribution >= 0.6 is 11.8 Å². The van der Waals surface area contributed by atoms with E-state index in [4.69, 9.17) is 0 Å². The van der Waals surface area contributed by atoms with Gasteiger partial charge in [0.15, 0.2) is 11.6 Å². The first-order valence-corrected chi connectivity index (χ1v) is 7.97. The number of hydrogen-bond donors (Lipinski definition) is 2. The maximum atomic E-state index is 13.0. The van der Waals surface area contributed by atoms with Gasteiger partial charge in [-0.2, -0.15) is 0 Å². The van der Waals surface area contributed by atoms with Crippen molar-refractivity contribution < 1.29 is 22.8 Å². The fourth-order valence-electron chi connectivity index (χ4n) is 1.74. The van der Waals surface area contributed by atoms with Crippen molar-refractivity contribution in [1.29, 1.82) is 0 Å². The first-order valence-electron chi connectivity index (χ1n) is 6.82. The van der Waals surface area contributed by atoms with Crippen molar-refractivity contribution in [1.82, 2.24) is 0 Å². The van der Waals surface area contributed by atoms with E-state index in [1.807, 2.05) is 0 Å². The highest BCUT2D eigenvalue weighted by Gasteiger charge is 2.08. The summed E-state index contributed by atoms with van der Waals surface area (Å²) in [5, 5.41) is 4.96. The van der Waals surface area contributed by atoms with E-state index < -0.39 is 23.4 Å². The lowest BCUT2D eigenvalue weighted by molar-refractivity contribution is -0.114. The van der Waals surface area contributed by atoms with Crippen LogP contribution in [0.4, 0.5) is 24.5 Å². The van der Waals surface area contributed by atoms with Crippen LogP contribution in [-0.2, 0) is 9.59 Å². The zero-order valence-corrected chi connectivity index (χ0v) is 13.1. The van der Waals surface area contributed by atoms with Crippen LogP contribution in [0.25, 0.3) is 0 Å². The molecule has 2 N–H and O–H groups in total. The largest absolute Gasteiger partial charge is 0.325 e. The first kappa shape index (κ1) is 17.9. The van der Waals surface area contributed by atoms with E-state index in [1.54, 1.807) is 0 Å². The molecule has 0 saturated carbocycles. The lowest BCUT2D eigenvalue weighted by Gasteiger charge is -2.06. The monoisotopic (exact) mass is 354 g/mol. The van der Waals surface area contributed by atoms with Crippen LogP contribution in [0.5, 0.6) is 0 Å². The molecule has 2 rings (SSSR count). The number of benzene rings is 2. The fraction of sp³-hybridized carbons (Fsp3) is 0.125. The molecule has 0 spiro atoms. The van der Waals surface area contributed by atoms with Gasteiger partial charge >= 0.3 is 0 Å². The van der Waals surface area contributed by atoms with Gasteiger partial charge in [-0.25, -0.2) is 13.2 Å². The molecule has 0 radical (unpaired) electrons. The summed E-state index contributed by atoms with van der Waals surface area (Å²) in [6.45, 7) is 0. The topological polar surface area (TPSA) is 58.2 Å². The second-order valence-corrected chi connectivity index (χ2v) is 5.71. The molecule has 0 saturated heterocycles. The third-order valence-corrected chi connectivity index (χ3v) is 3.73. The van der Waals surface area contributed by atoms with Crippen LogP contribution < -0.4 is 10.6 Å². The summed E-state index contributed by atoms with van der Waals surface area (Å²) in [6, 6.07) is 8.31. The average molecular weight is 354 g/mol. The second kappa shape index (κ2) is 8.39. The molecule has 0 unspecified atom stereocenters. The van der Waals surface area contributed by atoms with Gasteiger partial charge in [0.2, 0.25) is 11.8 Å². The summed E-state index contributed by atoms with van der Waals surface area (Å²) in [4.78, 5) is 23.3. The van der Waals surface area contributed by atoms with E-state index in [1.165, 1.54) is 30.3 Å². The molecule has 8 heteroatoms. The van der Waals surface area contributed by atoms with Crippen molar-refractivity contribution >= 4 is 35.0 Å². The average Bonchev–Trinajstić information content (AvgIpc) is 2.53. The first-order chi connectivity index (χ1) is 11.4. The van der Waals surface area contributed by atoms with Crippen LogP contribution in [0, 0.1) is 17.5 Å². The molecule has 0 fully saturated rings. The maximum absolute atomic E-state index is 13.0. The van der Waals surface area contributed by atoms with E-state index in [-0.39, 0.29) is 23.1 Å². The molecule has 0 aromatic heterocycles. The van der Waals surface area contributed by atoms with Crippen LogP contribution in [0.15, 0.2) is 42.5 Å². The molecule has 0 heterocycles. The Kier molecular flexibility index (Phi) is 6.25. The number of carbonyl (C=O) groups excluding carboxylic acids is 2. The number of anilines is 2. The van der Waals surface area contributed by atoms with Gasteiger partial charge in [-0.05, 0) is 36.4 Å². The predicted octanol–water partition coefficient (Wildman–Crippen LogP) is 3.41. The van der Waals surface area contributed by atoms with Crippen molar-refractivity contribution in [2.24, 2.45) is 0 Å². The number of carbonyl (C=O) groups is 2. The third-order valence-electron chi connectivity index (χ3n) is 2.80. The Labute approximate surface area is 140 Å². The lowest BCUT2D eigenvalue weighted by Crippen LogP contribution is -2.18. The second-order valence-electron chi connectivity index (χ2n) is 4.72. The fourth-order valence-corrected chi connectivity index (χ4v) is 2.35. The SMILES string of the molecule is O=C(CSCC(=O)Nc1ccc(F)c(F)c1)Nc1ccc(F)cc1. The van der Waals surface area contributed by atoms with Gasteiger partial charge in [-0.1, -0.05) is 0 Å². The van der Waals surface area contributed by atoms with Crippen molar-refractivity contribution in [3.8, 4) is 0 Å². The highest BCUT2D eigenvalue weighted by Crippen LogP contribution is 2.14. The summed E-state index contributed by atoms with van der Waals surface area (Å²) >= 11 is 1.05. The Morgan fingerprint density at radius 1 is 0.792 bits per heavy atom. The Hall–Kier alpha value is -2.48. The van der Waals surface area contributed by atoms with E-state index in [2.05, 4.69) is 10.6 Å². The van der Waals surface area contributed by atoms with Gasteiger partial charge < -0.3 is 10.6 Å². The Balaban J connectivity index is 1.72. The van der Waals surface area contributed by atoms with Crippen molar-refractivity contribution in [3.63, 3.8) is 0 Å². The molecule has 24 heavy (non-hydrogen) atoms. The lowest BCUT2D eigenvalue weighted by atomic mass is 10.3. The predicted molar refractivity (Wildman–Crippen MR) is 87.3 cm³/mol. The molecular weight excluding hydrogens is 341 g/mol. The Morgan fingerprint density at radius 3 is 1.92 bits per heavy atom. The van der Waals surface area contributed by atoms with E-state index in [0.29, 0.717) is 5.69 Å². The molecule has 4 nitrogen and oxygen atoms in total. The molecule has 0 aliphatic carbocycles. The number of hydrogen-bond acceptors (Lipinski definition) is 3. The summed E-state index contributed by atoms with van der Waals surface area (Å²) < 4.78 is 38.5. The summed E-state index contributed by atoms with van der Waals surface area (Å²) in [5.41, 5.74) is 0.587. The van der Waals surface area contributed by atoms with Gasteiger partial charge in [-0.15, -0.1) is 11.8 Å². The van der Waals surface area contributed by atoms with Crippen LogP contribution in [0.3, 0.4) is 0 Å². The van der Waals surface area contributed by atoms with Gasteiger partial charge in [0.1, 0.15) is 5.82 Å². The van der Waals surface area contributed by atoms with Gasteiger partial charge in [0, 0.05) is 17.4 Å². The van der Waals surface area contributed by atoms with Crippen LogP contribution in [0.1, 0.15) is 0 Å². The van der Waals surface area contributed by atoms with Gasteiger partial charge in [0.05, 0.1) is 11.5 Å². The number of rotatable bonds is 6. The van der Waals surface area contributed by atoms with Crippen LogP contribution in [-0.4, -0.2) is 23.3 Å². The minimum absolute atomic E-state index is 0.0164. The molecule has 2 amide bonds. The number of nitrogens with one attached hydrogen (secondary N) is 2. The quantitative estimate of drug-likeness (QED) is 0.836. The van der Waals surface area contributed by atoms with Crippen molar-refractivity contribution in [2.45, 2.75) is 0 Å². The molecule has 0 bridgehead atoms. The van der Waals surface area contributed by atoms with E-state index >= 15 is 0 Å². The Morgan fingerprint density at radius 2 is 1.33 bits per heavy atom. The van der Waals surface area contributed by atoms with Crippen LogP contribution in [0.2, 0.25) is 0 Å². The van der Waals surface area contributed by atoms with Crippen molar-refractivity contribution in [3.05, 3.63) is 59.9 Å². The molecule has 2 aromatic carbocycles. The maximum Gasteiger partial charge on any atom is 0.234 e. The zero-order valence-electron chi connectivity index (χ0n) is 12.3. The minimum Gasteiger partial charge on any atom is -0.325 e.